The average molecular weight is 445 g/mol. The Morgan fingerprint density at radius 2 is 1.78 bits per heavy atom. The first kappa shape index (κ1) is 23.7. The molecule has 174 valence electrons. The Morgan fingerprint density at radius 1 is 1.06 bits per heavy atom. The van der Waals surface area contributed by atoms with E-state index in [-0.39, 0.29) is 24.0 Å². The third-order valence-electron chi connectivity index (χ3n) is 5.45. The van der Waals surface area contributed by atoms with E-state index < -0.39 is 5.97 Å². The highest BCUT2D eigenvalue weighted by atomic mass is 16.5. The first-order valence-corrected chi connectivity index (χ1v) is 11.0. The van der Waals surface area contributed by atoms with Crippen LogP contribution in [0.5, 0.6) is 17.2 Å². The molecule has 32 heavy (non-hydrogen) atoms. The molecule has 0 spiro atoms. The Hall–Kier alpha value is -3.00. The fraction of sp³-hybridized carbons (Fsp3) is 0.500. The standard InChI is InChI=1S/C24H32N2O6/c1-6-12-25-13-16-18(15-10-11-17(29-3)23(31-5)22(15)30-4)19(21(27)14-8-9-14)20(26-16)24(28)32-7-2/h10-11,14,25-26H,6-9,12-13H2,1-5H3. The van der Waals surface area contributed by atoms with Crippen LogP contribution in [0.3, 0.4) is 0 Å². The van der Waals surface area contributed by atoms with E-state index >= 15 is 0 Å². The maximum absolute atomic E-state index is 13.4. The lowest BCUT2D eigenvalue weighted by Crippen LogP contribution is -2.15. The van der Waals surface area contributed by atoms with E-state index in [0.717, 1.165) is 31.5 Å². The molecule has 2 N–H and O–H groups in total. The predicted octanol–water partition coefficient (Wildman–Crippen LogP) is 3.98. The van der Waals surface area contributed by atoms with E-state index in [1.165, 1.54) is 14.2 Å². The van der Waals surface area contributed by atoms with E-state index in [1.54, 1.807) is 20.1 Å². The van der Waals surface area contributed by atoms with Crippen LogP contribution in [0.1, 0.15) is 59.7 Å². The monoisotopic (exact) mass is 444 g/mol. The summed E-state index contributed by atoms with van der Waals surface area (Å²) in [6.07, 6.45) is 2.59. The Morgan fingerprint density at radius 3 is 2.34 bits per heavy atom. The molecule has 8 heteroatoms. The van der Waals surface area contributed by atoms with Crippen molar-refractivity contribution < 1.29 is 28.5 Å². The number of Topliss-reactive ketones (excluding diaryl/α,β-unsaturated/α-hetero) is 1. The van der Waals surface area contributed by atoms with Crippen LogP contribution in [-0.2, 0) is 11.3 Å². The first-order chi connectivity index (χ1) is 15.5. The molecule has 3 rings (SSSR count). The van der Waals surface area contributed by atoms with Gasteiger partial charge in [0.2, 0.25) is 5.75 Å². The van der Waals surface area contributed by atoms with Crippen molar-refractivity contribution in [3.8, 4) is 28.4 Å². The smallest absolute Gasteiger partial charge is 0.355 e. The quantitative estimate of drug-likeness (QED) is 0.290. The molecule has 0 saturated heterocycles. The molecular weight excluding hydrogens is 412 g/mol. The summed E-state index contributed by atoms with van der Waals surface area (Å²) >= 11 is 0. The maximum Gasteiger partial charge on any atom is 0.355 e. The second-order valence-corrected chi connectivity index (χ2v) is 7.65. The number of ketones is 1. The third-order valence-corrected chi connectivity index (χ3v) is 5.45. The number of benzene rings is 1. The lowest BCUT2D eigenvalue weighted by Gasteiger charge is -2.17. The minimum atomic E-state index is -0.543. The number of nitrogens with one attached hydrogen (secondary N) is 2. The molecule has 0 unspecified atom stereocenters. The van der Waals surface area contributed by atoms with Crippen molar-refractivity contribution in [2.75, 3.05) is 34.5 Å². The van der Waals surface area contributed by atoms with E-state index in [0.29, 0.717) is 40.5 Å². The summed E-state index contributed by atoms with van der Waals surface area (Å²) in [5.41, 5.74) is 2.53. The zero-order valence-corrected chi connectivity index (χ0v) is 19.4. The Bertz CT molecular complexity index is 977. The number of ether oxygens (including phenoxy) is 4. The Kier molecular flexibility index (Phi) is 7.80. The van der Waals surface area contributed by atoms with Crippen LogP contribution >= 0.6 is 0 Å². The number of esters is 1. The highest BCUT2D eigenvalue weighted by Crippen LogP contribution is 2.48. The number of carbonyl (C=O) groups excluding carboxylic acids is 2. The number of aromatic amines is 1. The van der Waals surface area contributed by atoms with Gasteiger partial charge < -0.3 is 29.2 Å². The molecule has 0 aliphatic heterocycles. The van der Waals surface area contributed by atoms with Gasteiger partial charge >= 0.3 is 5.97 Å². The van der Waals surface area contributed by atoms with Gasteiger partial charge in [-0.25, -0.2) is 4.79 Å². The molecule has 0 radical (unpaired) electrons. The van der Waals surface area contributed by atoms with Crippen molar-refractivity contribution in [1.29, 1.82) is 0 Å². The SMILES string of the molecule is CCCNCc1[nH]c(C(=O)OCC)c(C(=O)C2CC2)c1-c1ccc(OC)c(OC)c1OC. The van der Waals surface area contributed by atoms with E-state index in [9.17, 15) is 9.59 Å². The minimum Gasteiger partial charge on any atom is -0.493 e. The molecule has 0 atom stereocenters. The second kappa shape index (κ2) is 10.5. The van der Waals surface area contributed by atoms with Crippen molar-refractivity contribution in [2.24, 2.45) is 5.92 Å². The van der Waals surface area contributed by atoms with Gasteiger partial charge in [0.15, 0.2) is 17.3 Å². The number of aromatic nitrogens is 1. The molecule has 8 nitrogen and oxygen atoms in total. The van der Waals surface area contributed by atoms with Crippen LogP contribution in [0.2, 0.25) is 0 Å². The normalized spacial score (nSPS) is 13.0. The van der Waals surface area contributed by atoms with Crippen LogP contribution < -0.4 is 19.5 Å². The zero-order chi connectivity index (χ0) is 23.3. The van der Waals surface area contributed by atoms with Crippen LogP contribution in [0, 0.1) is 5.92 Å². The van der Waals surface area contributed by atoms with Gasteiger partial charge in [-0.15, -0.1) is 0 Å². The van der Waals surface area contributed by atoms with Gasteiger partial charge in [0.05, 0.1) is 33.5 Å². The van der Waals surface area contributed by atoms with E-state index in [4.69, 9.17) is 18.9 Å². The van der Waals surface area contributed by atoms with Crippen molar-refractivity contribution in [3.63, 3.8) is 0 Å². The summed E-state index contributed by atoms with van der Waals surface area (Å²) in [6.45, 7) is 5.28. The fourth-order valence-electron chi connectivity index (χ4n) is 3.82. The van der Waals surface area contributed by atoms with Gasteiger partial charge in [0.25, 0.3) is 0 Å². The highest BCUT2D eigenvalue weighted by Gasteiger charge is 2.38. The average Bonchev–Trinajstić information content (AvgIpc) is 3.58. The molecule has 0 amide bonds. The zero-order valence-electron chi connectivity index (χ0n) is 19.4. The van der Waals surface area contributed by atoms with Gasteiger partial charge in [0, 0.05) is 29.3 Å². The summed E-state index contributed by atoms with van der Waals surface area (Å²) in [5, 5.41) is 3.35. The number of H-pyrrole nitrogens is 1. The van der Waals surface area contributed by atoms with Crippen molar-refractivity contribution in [1.82, 2.24) is 10.3 Å². The highest BCUT2D eigenvalue weighted by molar-refractivity contribution is 6.13. The third kappa shape index (κ3) is 4.60. The number of rotatable bonds is 12. The van der Waals surface area contributed by atoms with Crippen LogP contribution in [-0.4, -0.2) is 51.2 Å². The van der Waals surface area contributed by atoms with Gasteiger partial charge in [-0.3, -0.25) is 4.79 Å². The Balaban J connectivity index is 2.28. The van der Waals surface area contributed by atoms with E-state index in [2.05, 4.69) is 17.2 Å². The molecule has 2 aromatic rings. The molecule has 1 aliphatic carbocycles. The number of hydrogen-bond acceptors (Lipinski definition) is 7. The van der Waals surface area contributed by atoms with Crippen LogP contribution in [0.15, 0.2) is 12.1 Å². The summed E-state index contributed by atoms with van der Waals surface area (Å²) in [4.78, 5) is 29.4. The van der Waals surface area contributed by atoms with E-state index in [1.807, 2.05) is 6.07 Å². The van der Waals surface area contributed by atoms with Crippen molar-refractivity contribution in [2.45, 2.75) is 39.7 Å². The van der Waals surface area contributed by atoms with Gasteiger partial charge in [-0.05, 0) is 44.9 Å². The molecule has 1 aliphatic rings. The molecule has 1 saturated carbocycles. The van der Waals surface area contributed by atoms with Gasteiger partial charge in [0.1, 0.15) is 5.69 Å². The molecule has 1 fully saturated rings. The molecule has 0 bridgehead atoms. The summed E-state index contributed by atoms with van der Waals surface area (Å²) in [7, 11) is 4.62. The largest absolute Gasteiger partial charge is 0.493 e. The summed E-state index contributed by atoms with van der Waals surface area (Å²) in [6, 6.07) is 3.59. The number of carbonyl (C=O) groups is 2. The van der Waals surface area contributed by atoms with Crippen LogP contribution in [0.25, 0.3) is 11.1 Å². The Labute approximate surface area is 188 Å². The molecular formula is C24H32N2O6. The molecule has 1 aromatic carbocycles. The van der Waals surface area contributed by atoms with Gasteiger partial charge in [-0.2, -0.15) is 0 Å². The molecule has 1 heterocycles. The predicted molar refractivity (Wildman–Crippen MR) is 121 cm³/mol. The topological polar surface area (TPSA) is 98.9 Å². The van der Waals surface area contributed by atoms with Crippen LogP contribution in [0.4, 0.5) is 0 Å². The van der Waals surface area contributed by atoms with Gasteiger partial charge in [-0.1, -0.05) is 6.92 Å². The first-order valence-electron chi connectivity index (χ1n) is 11.0. The van der Waals surface area contributed by atoms with Crippen molar-refractivity contribution >= 4 is 11.8 Å². The fourth-order valence-corrected chi connectivity index (χ4v) is 3.82. The summed E-state index contributed by atoms with van der Waals surface area (Å²) in [5.74, 6) is 0.679. The second-order valence-electron chi connectivity index (χ2n) is 7.65. The summed E-state index contributed by atoms with van der Waals surface area (Å²) < 4.78 is 21.9. The number of hydrogen-bond donors (Lipinski definition) is 2. The maximum atomic E-state index is 13.4. The minimum absolute atomic E-state index is 0.0575. The van der Waals surface area contributed by atoms with Crippen molar-refractivity contribution in [3.05, 3.63) is 29.1 Å². The number of methoxy groups -OCH3 is 3. The lowest BCUT2D eigenvalue weighted by molar-refractivity contribution is 0.0516. The molecule has 1 aromatic heterocycles. The lowest BCUT2D eigenvalue weighted by atomic mass is 9.94.